The van der Waals surface area contributed by atoms with Crippen molar-refractivity contribution in [2.24, 2.45) is 5.73 Å². The van der Waals surface area contributed by atoms with Gasteiger partial charge in [-0.2, -0.15) is 0 Å². The Morgan fingerprint density at radius 3 is 2.35 bits per heavy atom. The van der Waals surface area contributed by atoms with Crippen molar-refractivity contribution in [2.45, 2.75) is 37.1 Å². The molecular formula is C12H17Cl2FN2O2S. The number of nitrogens with one attached hydrogen (secondary N) is 1. The predicted octanol–water partition coefficient (Wildman–Crippen LogP) is 2.93. The molecule has 0 bridgehead atoms. The fourth-order valence-electron chi connectivity index (χ4n) is 1.53. The monoisotopic (exact) mass is 342 g/mol. The summed E-state index contributed by atoms with van der Waals surface area (Å²) in [5.41, 5.74) is 5.37. The highest BCUT2D eigenvalue weighted by Gasteiger charge is 2.26. The highest BCUT2D eigenvalue weighted by atomic mass is 35.5. The zero-order chi connectivity index (χ0) is 15.6. The number of benzene rings is 1. The number of rotatable bonds is 6. The Kier molecular flexibility index (Phi) is 5.80. The van der Waals surface area contributed by atoms with Gasteiger partial charge in [0.25, 0.3) is 0 Å². The van der Waals surface area contributed by atoms with E-state index in [1.165, 1.54) is 0 Å². The molecular weight excluding hydrogens is 326 g/mol. The number of hydrogen-bond donors (Lipinski definition) is 2. The maximum Gasteiger partial charge on any atom is 0.242 e. The first-order chi connectivity index (χ1) is 9.17. The van der Waals surface area contributed by atoms with E-state index in [4.69, 9.17) is 28.9 Å². The van der Waals surface area contributed by atoms with E-state index in [1.54, 1.807) is 0 Å². The Labute approximate surface area is 128 Å². The molecule has 4 nitrogen and oxygen atoms in total. The van der Waals surface area contributed by atoms with Crippen LogP contribution in [0.5, 0.6) is 0 Å². The Bertz CT molecular complexity index is 589. The van der Waals surface area contributed by atoms with Gasteiger partial charge in [0.05, 0.1) is 10.0 Å². The maximum atomic E-state index is 13.5. The van der Waals surface area contributed by atoms with Crippen LogP contribution in [0.2, 0.25) is 10.0 Å². The summed E-state index contributed by atoms with van der Waals surface area (Å²) >= 11 is 11.2. The van der Waals surface area contributed by atoms with Gasteiger partial charge in [-0.3, -0.25) is 0 Å². The average Bonchev–Trinajstić information content (AvgIpc) is 2.42. The number of sulfonamides is 1. The normalized spacial score (nSPS) is 12.7. The minimum atomic E-state index is -3.94. The minimum Gasteiger partial charge on any atom is -0.324 e. The average molecular weight is 343 g/mol. The third-order valence-corrected chi connectivity index (χ3v) is 5.53. The van der Waals surface area contributed by atoms with Crippen LogP contribution in [0, 0.1) is 5.82 Å². The molecule has 8 heteroatoms. The van der Waals surface area contributed by atoms with Crippen LogP contribution >= 0.6 is 23.2 Å². The first-order valence-corrected chi connectivity index (χ1v) is 8.33. The maximum absolute atomic E-state index is 13.5. The molecule has 3 N–H and O–H groups in total. The molecule has 1 aromatic rings. The molecule has 0 amide bonds. The van der Waals surface area contributed by atoms with Gasteiger partial charge in [-0.25, -0.2) is 17.5 Å². The topological polar surface area (TPSA) is 72.2 Å². The summed E-state index contributed by atoms with van der Waals surface area (Å²) in [6, 6.07) is 2.30. The quantitative estimate of drug-likeness (QED) is 0.780. The van der Waals surface area contributed by atoms with Crippen LogP contribution in [-0.4, -0.2) is 20.5 Å². The SMILES string of the molecule is CCC(N)(CC)CNS(=O)(=O)c1ccc(Cl)c(F)c1Cl. The Hall–Kier alpha value is -0.400. The van der Waals surface area contributed by atoms with Crippen LogP contribution < -0.4 is 10.5 Å². The molecule has 0 aliphatic carbocycles. The highest BCUT2D eigenvalue weighted by Crippen LogP contribution is 2.29. The van der Waals surface area contributed by atoms with Crippen molar-refractivity contribution in [3.05, 3.63) is 28.0 Å². The fourth-order valence-corrected chi connectivity index (χ4v) is 3.41. The molecule has 0 radical (unpaired) electrons. The second-order valence-electron chi connectivity index (χ2n) is 4.57. The van der Waals surface area contributed by atoms with E-state index >= 15 is 0 Å². The van der Waals surface area contributed by atoms with Crippen molar-refractivity contribution >= 4 is 33.2 Å². The second-order valence-corrected chi connectivity index (χ2v) is 7.09. The van der Waals surface area contributed by atoms with E-state index < -0.39 is 26.4 Å². The molecule has 0 aliphatic heterocycles. The molecule has 1 aromatic carbocycles. The van der Waals surface area contributed by atoms with E-state index in [1.807, 2.05) is 13.8 Å². The van der Waals surface area contributed by atoms with Gasteiger partial charge in [-0.05, 0) is 25.0 Å². The molecule has 0 heterocycles. The third-order valence-electron chi connectivity index (χ3n) is 3.31. The smallest absolute Gasteiger partial charge is 0.242 e. The van der Waals surface area contributed by atoms with Crippen molar-refractivity contribution < 1.29 is 12.8 Å². The standard InChI is InChI=1S/C12H17Cl2FN2O2S/c1-3-12(16,4-2)7-17-20(18,19)9-6-5-8(13)11(15)10(9)14/h5-6,17H,3-4,7,16H2,1-2H3. The van der Waals surface area contributed by atoms with Crippen molar-refractivity contribution in [3.63, 3.8) is 0 Å². The van der Waals surface area contributed by atoms with Crippen LogP contribution in [0.25, 0.3) is 0 Å². The van der Waals surface area contributed by atoms with Crippen molar-refractivity contribution in [1.82, 2.24) is 4.72 Å². The molecule has 0 atom stereocenters. The van der Waals surface area contributed by atoms with Crippen LogP contribution in [0.3, 0.4) is 0 Å². The third kappa shape index (κ3) is 3.83. The number of nitrogens with two attached hydrogens (primary N) is 1. The summed E-state index contributed by atoms with van der Waals surface area (Å²) in [5, 5.41) is -0.759. The summed E-state index contributed by atoms with van der Waals surface area (Å²) < 4.78 is 40.2. The summed E-state index contributed by atoms with van der Waals surface area (Å²) in [6.45, 7) is 3.78. The Morgan fingerprint density at radius 2 is 1.85 bits per heavy atom. The van der Waals surface area contributed by atoms with Gasteiger partial charge in [0.1, 0.15) is 4.90 Å². The van der Waals surface area contributed by atoms with Gasteiger partial charge < -0.3 is 5.73 Å². The fraction of sp³-hybridized carbons (Fsp3) is 0.500. The largest absolute Gasteiger partial charge is 0.324 e. The number of hydrogen-bond acceptors (Lipinski definition) is 3. The molecule has 0 spiro atoms. The first kappa shape index (κ1) is 17.7. The van der Waals surface area contributed by atoms with Crippen molar-refractivity contribution in [3.8, 4) is 0 Å². The molecule has 0 aromatic heterocycles. The molecule has 1 rings (SSSR count). The first-order valence-electron chi connectivity index (χ1n) is 6.09. The van der Waals surface area contributed by atoms with Gasteiger partial charge in [-0.1, -0.05) is 37.0 Å². The lowest BCUT2D eigenvalue weighted by atomic mass is 9.95. The van der Waals surface area contributed by atoms with Gasteiger partial charge in [0.15, 0.2) is 5.82 Å². The van der Waals surface area contributed by atoms with E-state index in [9.17, 15) is 12.8 Å². The minimum absolute atomic E-state index is 0.0446. The van der Waals surface area contributed by atoms with E-state index in [0.29, 0.717) is 12.8 Å². The summed E-state index contributed by atoms with van der Waals surface area (Å²) in [6.07, 6.45) is 1.21. The van der Waals surface area contributed by atoms with E-state index in [2.05, 4.69) is 4.72 Å². The summed E-state index contributed by atoms with van der Waals surface area (Å²) in [7, 11) is -3.94. The molecule has 0 fully saturated rings. The Balaban J connectivity index is 3.04. The number of halogens is 3. The summed E-state index contributed by atoms with van der Waals surface area (Å²) in [5.74, 6) is -0.957. The molecule has 20 heavy (non-hydrogen) atoms. The highest BCUT2D eigenvalue weighted by molar-refractivity contribution is 7.89. The van der Waals surface area contributed by atoms with E-state index in [0.717, 1.165) is 12.1 Å². The van der Waals surface area contributed by atoms with Crippen LogP contribution in [-0.2, 0) is 10.0 Å². The van der Waals surface area contributed by atoms with E-state index in [-0.39, 0.29) is 16.5 Å². The molecule has 0 saturated heterocycles. The van der Waals surface area contributed by atoms with Crippen LogP contribution in [0.4, 0.5) is 4.39 Å². The lowest BCUT2D eigenvalue weighted by Gasteiger charge is -2.26. The second kappa shape index (κ2) is 6.58. The zero-order valence-electron chi connectivity index (χ0n) is 11.2. The van der Waals surface area contributed by atoms with Crippen molar-refractivity contribution in [1.29, 1.82) is 0 Å². The lowest BCUT2D eigenvalue weighted by Crippen LogP contribution is -2.49. The molecule has 0 aliphatic rings. The molecule has 0 unspecified atom stereocenters. The van der Waals surface area contributed by atoms with Crippen LogP contribution in [0.15, 0.2) is 17.0 Å². The Morgan fingerprint density at radius 1 is 1.30 bits per heavy atom. The predicted molar refractivity (Wildman–Crippen MR) is 79.1 cm³/mol. The van der Waals surface area contributed by atoms with Gasteiger partial charge in [0, 0.05) is 12.1 Å². The lowest BCUT2D eigenvalue weighted by molar-refractivity contribution is 0.391. The van der Waals surface area contributed by atoms with Crippen LogP contribution in [0.1, 0.15) is 26.7 Å². The molecule has 0 saturated carbocycles. The zero-order valence-corrected chi connectivity index (χ0v) is 13.5. The van der Waals surface area contributed by atoms with Gasteiger partial charge in [0.2, 0.25) is 10.0 Å². The van der Waals surface area contributed by atoms with Crippen molar-refractivity contribution in [2.75, 3.05) is 6.54 Å². The molecule has 114 valence electrons. The van der Waals surface area contributed by atoms with Gasteiger partial charge >= 0.3 is 0 Å². The van der Waals surface area contributed by atoms with Gasteiger partial charge in [-0.15, -0.1) is 0 Å². The summed E-state index contributed by atoms with van der Waals surface area (Å²) in [4.78, 5) is -0.351.